The number of nitrogens with zero attached hydrogens (tertiary/aromatic N) is 1. The lowest BCUT2D eigenvalue weighted by Crippen LogP contribution is -2.47. The number of esters is 1. The number of carbonyl (C=O) groups is 1. The third-order valence-corrected chi connectivity index (χ3v) is 3.10. The van der Waals surface area contributed by atoms with E-state index < -0.39 is 0 Å². The van der Waals surface area contributed by atoms with Crippen LogP contribution in [0, 0.1) is 0 Å². The smallest absolute Gasteiger partial charge is 0.324 e. The number of ether oxygens (including phenoxy) is 1. The van der Waals surface area contributed by atoms with Crippen LogP contribution in [0.1, 0.15) is 40.0 Å². The maximum Gasteiger partial charge on any atom is 0.324 e. The fourth-order valence-corrected chi connectivity index (χ4v) is 1.99. The number of hydrogen-bond acceptors (Lipinski definition) is 4. The molecule has 1 rings (SSSR count). The van der Waals surface area contributed by atoms with Crippen molar-refractivity contribution in [2.45, 2.75) is 52.1 Å². The molecule has 1 aliphatic rings. The van der Waals surface area contributed by atoms with Crippen LogP contribution in [0.25, 0.3) is 0 Å². The summed E-state index contributed by atoms with van der Waals surface area (Å²) in [5.41, 5.74) is 0. The summed E-state index contributed by atoms with van der Waals surface area (Å²) in [5, 5.41) is 3.29. The highest BCUT2D eigenvalue weighted by molar-refractivity contribution is 5.76. The Hall–Kier alpha value is -0.610. The van der Waals surface area contributed by atoms with Crippen LogP contribution in [0.15, 0.2) is 0 Å². The first kappa shape index (κ1) is 14.5. The van der Waals surface area contributed by atoms with Gasteiger partial charge in [0.2, 0.25) is 0 Å². The SMILES string of the molecule is CCCNC(CN(CC)C1CC1)C(=O)OCC. The predicted molar refractivity (Wildman–Crippen MR) is 69.0 cm³/mol. The molecule has 1 fully saturated rings. The molecule has 1 N–H and O–H groups in total. The molecule has 1 saturated carbocycles. The Bertz CT molecular complexity index is 229. The molecule has 0 saturated heterocycles. The van der Waals surface area contributed by atoms with Crippen LogP contribution in [0.3, 0.4) is 0 Å². The maximum atomic E-state index is 11.8. The normalized spacial score (nSPS) is 17.2. The van der Waals surface area contributed by atoms with Gasteiger partial charge in [-0.1, -0.05) is 13.8 Å². The molecule has 0 aromatic rings. The first-order chi connectivity index (χ1) is 8.22. The molecule has 17 heavy (non-hydrogen) atoms. The van der Waals surface area contributed by atoms with Gasteiger partial charge in [-0.2, -0.15) is 0 Å². The molecule has 0 spiro atoms. The van der Waals surface area contributed by atoms with Crippen molar-refractivity contribution >= 4 is 5.97 Å². The van der Waals surface area contributed by atoms with Gasteiger partial charge in [0, 0.05) is 12.6 Å². The van der Waals surface area contributed by atoms with E-state index in [0.29, 0.717) is 12.6 Å². The summed E-state index contributed by atoms with van der Waals surface area (Å²) in [6.07, 6.45) is 3.58. The van der Waals surface area contributed by atoms with Gasteiger partial charge in [0.1, 0.15) is 6.04 Å². The van der Waals surface area contributed by atoms with E-state index in [0.717, 1.165) is 26.1 Å². The second-order valence-electron chi connectivity index (χ2n) is 4.58. The van der Waals surface area contributed by atoms with Gasteiger partial charge in [0.05, 0.1) is 6.61 Å². The molecular weight excluding hydrogens is 216 g/mol. The van der Waals surface area contributed by atoms with Crippen molar-refractivity contribution in [3.05, 3.63) is 0 Å². The summed E-state index contributed by atoms with van der Waals surface area (Å²) in [6.45, 7) is 9.22. The molecule has 100 valence electrons. The quantitative estimate of drug-likeness (QED) is 0.621. The highest BCUT2D eigenvalue weighted by atomic mass is 16.5. The number of carbonyl (C=O) groups excluding carboxylic acids is 1. The van der Waals surface area contributed by atoms with Crippen LogP contribution in [-0.4, -0.2) is 49.2 Å². The molecule has 1 aliphatic carbocycles. The van der Waals surface area contributed by atoms with Crippen LogP contribution in [0.2, 0.25) is 0 Å². The Labute approximate surface area is 105 Å². The number of likely N-dealkylation sites (N-methyl/N-ethyl adjacent to an activating group) is 1. The van der Waals surface area contributed by atoms with E-state index in [1.165, 1.54) is 12.8 Å². The Balaban J connectivity index is 2.45. The van der Waals surface area contributed by atoms with Crippen LogP contribution >= 0.6 is 0 Å². The zero-order chi connectivity index (χ0) is 12.7. The lowest BCUT2D eigenvalue weighted by molar-refractivity contribution is -0.146. The van der Waals surface area contributed by atoms with Gasteiger partial charge in [0.25, 0.3) is 0 Å². The molecule has 4 nitrogen and oxygen atoms in total. The molecular formula is C13H26N2O2. The standard InChI is InChI=1S/C13H26N2O2/c1-4-9-14-12(13(16)17-6-3)10-15(5-2)11-7-8-11/h11-12,14H,4-10H2,1-3H3. The summed E-state index contributed by atoms with van der Waals surface area (Å²) < 4.78 is 5.12. The molecule has 0 aromatic heterocycles. The van der Waals surface area contributed by atoms with Crippen LogP contribution < -0.4 is 5.32 Å². The van der Waals surface area contributed by atoms with E-state index in [1.54, 1.807) is 0 Å². The average molecular weight is 242 g/mol. The van der Waals surface area contributed by atoms with Crippen LogP contribution in [0.4, 0.5) is 0 Å². The van der Waals surface area contributed by atoms with E-state index in [9.17, 15) is 4.79 Å². The maximum absolute atomic E-state index is 11.8. The second kappa shape index (κ2) is 7.67. The highest BCUT2D eigenvalue weighted by Gasteiger charge is 2.31. The van der Waals surface area contributed by atoms with Gasteiger partial charge in [-0.15, -0.1) is 0 Å². The van der Waals surface area contributed by atoms with Crippen LogP contribution in [-0.2, 0) is 9.53 Å². The van der Waals surface area contributed by atoms with E-state index in [-0.39, 0.29) is 12.0 Å². The zero-order valence-electron chi connectivity index (χ0n) is 11.4. The lowest BCUT2D eigenvalue weighted by atomic mass is 10.2. The van der Waals surface area contributed by atoms with Gasteiger partial charge in [-0.25, -0.2) is 0 Å². The molecule has 0 aliphatic heterocycles. The third kappa shape index (κ3) is 5.04. The molecule has 0 radical (unpaired) electrons. The van der Waals surface area contributed by atoms with Crippen molar-refractivity contribution in [3.8, 4) is 0 Å². The van der Waals surface area contributed by atoms with E-state index >= 15 is 0 Å². The summed E-state index contributed by atoms with van der Waals surface area (Å²) in [7, 11) is 0. The predicted octanol–water partition coefficient (Wildman–Crippen LogP) is 1.40. The molecule has 1 unspecified atom stereocenters. The molecule has 1 atom stereocenters. The molecule has 0 aromatic carbocycles. The minimum atomic E-state index is -0.171. The van der Waals surface area contributed by atoms with Crippen molar-refractivity contribution in [1.82, 2.24) is 10.2 Å². The topological polar surface area (TPSA) is 41.6 Å². The summed E-state index contributed by atoms with van der Waals surface area (Å²) in [6, 6.07) is 0.524. The highest BCUT2D eigenvalue weighted by Crippen LogP contribution is 2.26. The average Bonchev–Trinajstić information content (AvgIpc) is 3.14. The fourth-order valence-electron chi connectivity index (χ4n) is 1.99. The minimum Gasteiger partial charge on any atom is -0.465 e. The van der Waals surface area contributed by atoms with Crippen molar-refractivity contribution in [3.63, 3.8) is 0 Å². The second-order valence-corrected chi connectivity index (χ2v) is 4.58. The van der Waals surface area contributed by atoms with Gasteiger partial charge >= 0.3 is 5.97 Å². The summed E-state index contributed by atoms with van der Waals surface area (Å²) in [4.78, 5) is 14.2. The molecule has 0 bridgehead atoms. The van der Waals surface area contributed by atoms with Crippen molar-refractivity contribution in [2.75, 3.05) is 26.2 Å². The number of rotatable bonds is 9. The Morgan fingerprint density at radius 2 is 2.12 bits per heavy atom. The lowest BCUT2D eigenvalue weighted by Gasteiger charge is -2.25. The van der Waals surface area contributed by atoms with Crippen LogP contribution in [0.5, 0.6) is 0 Å². The zero-order valence-corrected chi connectivity index (χ0v) is 11.4. The van der Waals surface area contributed by atoms with Gasteiger partial charge in [0.15, 0.2) is 0 Å². The number of nitrogens with one attached hydrogen (secondary N) is 1. The van der Waals surface area contributed by atoms with E-state index in [1.807, 2.05) is 6.92 Å². The largest absolute Gasteiger partial charge is 0.465 e. The number of hydrogen-bond donors (Lipinski definition) is 1. The van der Waals surface area contributed by atoms with Crippen molar-refractivity contribution < 1.29 is 9.53 Å². The molecule has 0 heterocycles. The van der Waals surface area contributed by atoms with Crippen molar-refractivity contribution in [1.29, 1.82) is 0 Å². The Morgan fingerprint density at radius 3 is 2.59 bits per heavy atom. The monoisotopic (exact) mass is 242 g/mol. The minimum absolute atomic E-state index is 0.111. The summed E-state index contributed by atoms with van der Waals surface area (Å²) in [5.74, 6) is -0.111. The van der Waals surface area contributed by atoms with E-state index in [2.05, 4.69) is 24.1 Å². The Kier molecular flexibility index (Phi) is 6.52. The van der Waals surface area contributed by atoms with Gasteiger partial charge < -0.3 is 10.1 Å². The van der Waals surface area contributed by atoms with Crippen molar-refractivity contribution in [2.24, 2.45) is 0 Å². The first-order valence-corrected chi connectivity index (χ1v) is 6.86. The first-order valence-electron chi connectivity index (χ1n) is 6.86. The third-order valence-electron chi connectivity index (χ3n) is 3.10. The van der Waals surface area contributed by atoms with Gasteiger partial charge in [-0.3, -0.25) is 9.69 Å². The van der Waals surface area contributed by atoms with Gasteiger partial charge in [-0.05, 0) is 39.3 Å². The Morgan fingerprint density at radius 1 is 1.41 bits per heavy atom. The summed E-state index contributed by atoms with van der Waals surface area (Å²) >= 11 is 0. The van der Waals surface area contributed by atoms with E-state index in [4.69, 9.17) is 4.74 Å². The fraction of sp³-hybridized carbons (Fsp3) is 0.923. The molecule has 0 amide bonds. The molecule has 4 heteroatoms.